The van der Waals surface area contributed by atoms with E-state index in [9.17, 15) is 4.79 Å². The Labute approximate surface area is 79.1 Å². The van der Waals surface area contributed by atoms with Gasteiger partial charge in [-0.1, -0.05) is 20.3 Å². The highest BCUT2D eigenvalue weighted by atomic mass is 16.5. The van der Waals surface area contributed by atoms with Gasteiger partial charge < -0.3 is 9.84 Å². The van der Waals surface area contributed by atoms with E-state index < -0.39 is 0 Å². The second-order valence-corrected chi connectivity index (χ2v) is 3.76. The molecular weight excluding hydrogens is 168 g/mol. The van der Waals surface area contributed by atoms with Crippen molar-refractivity contribution in [2.45, 2.75) is 39.2 Å². The van der Waals surface area contributed by atoms with E-state index in [1.54, 1.807) is 0 Å². The molecule has 3 nitrogen and oxygen atoms in total. The Morgan fingerprint density at radius 3 is 2.85 bits per heavy atom. The summed E-state index contributed by atoms with van der Waals surface area (Å²) in [6.07, 6.45) is 2.44. The van der Waals surface area contributed by atoms with E-state index in [2.05, 4.69) is 6.92 Å². The number of hydrogen-bond acceptors (Lipinski definition) is 3. The van der Waals surface area contributed by atoms with E-state index in [0.29, 0.717) is 12.3 Å². The molecule has 13 heavy (non-hydrogen) atoms. The van der Waals surface area contributed by atoms with Crippen LogP contribution >= 0.6 is 0 Å². The number of aliphatic hydroxyl groups excluding tert-OH is 1. The van der Waals surface area contributed by atoms with Crippen molar-refractivity contribution in [2.75, 3.05) is 6.61 Å². The van der Waals surface area contributed by atoms with Crippen LogP contribution in [-0.2, 0) is 9.53 Å². The molecule has 1 rings (SSSR count). The highest BCUT2D eigenvalue weighted by molar-refractivity contribution is 5.73. The van der Waals surface area contributed by atoms with Gasteiger partial charge in [0.15, 0.2) is 0 Å². The summed E-state index contributed by atoms with van der Waals surface area (Å²) in [6.45, 7) is 4.12. The van der Waals surface area contributed by atoms with Crippen molar-refractivity contribution >= 4 is 5.97 Å². The molecule has 3 unspecified atom stereocenters. The molecule has 1 saturated heterocycles. The number of cyclic esters (lactones) is 1. The van der Waals surface area contributed by atoms with E-state index in [4.69, 9.17) is 9.84 Å². The van der Waals surface area contributed by atoms with Crippen molar-refractivity contribution < 1.29 is 14.6 Å². The number of carbonyl (C=O) groups excluding carboxylic acids is 1. The van der Waals surface area contributed by atoms with Crippen LogP contribution in [0.15, 0.2) is 0 Å². The Balaban J connectivity index is 2.53. The molecule has 0 saturated carbocycles. The Bertz CT molecular complexity index is 179. The summed E-state index contributed by atoms with van der Waals surface area (Å²) in [6, 6.07) is 0. The zero-order valence-electron chi connectivity index (χ0n) is 8.32. The van der Waals surface area contributed by atoms with Gasteiger partial charge in [-0.3, -0.25) is 4.79 Å². The summed E-state index contributed by atoms with van der Waals surface area (Å²) in [5.41, 5.74) is 0. The zero-order valence-corrected chi connectivity index (χ0v) is 8.32. The minimum Gasteiger partial charge on any atom is -0.462 e. The summed E-state index contributed by atoms with van der Waals surface area (Å²) in [4.78, 5) is 11.3. The first-order chi connectivity index (χ1) is 6.19. The molecule has 76 valence electrons. The van der Waals surface area contributed by atoms with Crippen molar-refractivity contribution in [1.82, 2.24) is 0 Å². The van der Waals surface area contributed by atoms with Gasteiger partial charge in [0.2, 0.25) is 0 Å². The van der Waals surface area contributed by atoms with E-state index in [-0.39, 0.29) is 24.6 Å². The SMILES string of the molecule is CCC1CC(CCO)OC(=O)C1C. The Morgan fingerprint density at radius 1 is 1.62 bits per heavy atom. The first-order valence-electron chi connectivity index (χ1n) is 5.00. The fraction of sp³-hybridized carbons (Fsp3) is 0.900. The molecule has 0 bridgehead atoms. The highest BCUT2D eigenvalue weighted by Gasteiger charge is 2.33. The molecule has 1 heterocycles. The summed E-state index contributed by atoms with van der Waals surface area (Å²) in [5, 5.41) is 8.74. The Hall–Kier alpha value is -0.570. The van der Waals surface area contributed by atoms with Crippen molar-refractivity contribution in [3.63, 3.8) is 0 Å². The van der Waals surface area contributed by atoms with Crippen molar-refractivity contribution in [3.8, 4) is 0 Å². The molecular formula is C10H18O3. The molecule has 0 aliphatic carbocycles. The fourth-order valence-electron chi connectivity index (χ4n) is 1.89. The van der Waals surface area contributed by atoms with Crippen molar-refractivity contribution in [1.29, 1.82) is 0 Å². The summed E-state index contributed by atoms with van der Waals surface area (Å²) < 4.78 is 5.17. The average molecular weight is 186 g/mol. The lowest BCUT2D eigenvalue weighted by Gasteiger charge is -2.32. The van der Waals surface area contributed by atoms with Gasteiger partial charge in [-0.2, -0.15) is 0 Å². The molecule has 0 amide bonds. The summed E-state index contributed by atoms with van der Waals surface area (Å²) in [7, 11) is 0. The standard InChI is InChI=1S/C10H18O3/c1-3-8-6-9(4-5-11)13-10(12)7(8)2/h7-9,11H,3-6H2,1-2H3. The predicted molar refractivity (Wildman–Crippen MR) is 49.1 cm³/mol. The van der Waals surface area contributed by atoms with Gasteiger partial charge in [0.25, 0.3) is 0 Å². The van der Waals surface area contributed by atoms with Gasteiger partial charge in [-0.15, -0.1) is 0 Å². The van der Waals surface area contributed by atoms with E-state index in [1.165, 1.54) is 0 Å². The third kappa shape index (κ3) is 2.44. The quantitative estimate of drug-likeness (QED) is 0.677. The monoisotopic (exact) mass is 186 g/mol. The minimum atomic E-state index is -0.100. The van der Waals surface area contributed by atoms with Crippen LogP contribution in [0.4, 0.5) is 0 Å². The second-order valence-electron chi connectivity index (χ2n) is 3.76. The maximum atomic E-state index is 11.3. The molecule has 0 aromatic carbocycles. The third-order valence-electron chi connectivity index (χ3n) is 2.90. The molecule has 1 aliphatic heterocycles. The minimum absolute atomic E-state index is 0.0277. The van der Waals surface area contributed by atoms with Gasteiger partial charge in [0.1, 0.15) is 6.10 Å². The van der Waals surface area contributed by atoms with Gasteiger partial charge in [-0.25, -0.2) is 0 Å². The number of hydrogen-bond donors (Lipinski definition) is 1. The van der Waals surface area contributed by atoms with Crippen molar-refractivity contribution in [3.05, 3.63) is 0 Å². The Kier molecular flexibility index (Phi) is 3.72. The van der Waals surface area contributed by atoms with Gasteiger partial charge >= 0.3 is 5.97 Å². The number of rotatable bonds is 3. The number of aliphatic hydroxyl groups is 1. The van der Waals surface area contributed by atoms with Gasteiger partial charge in [0, 0.05) is 13.0 Å². The van der Waals surface area contributed by atoms with Crippen LogP contribution < -0.4 is 0 Å². The van der Waals surface area contributed by atoms with Crippen molar-refractivity contribution in [2.24, 2.45) is 11.8 Å². The van der Waals surface area contributed by atoms with Crippen LogP contribution in [-0.4, -0.2) is 23.8 Å². The van der Waals surface area contributed by atoms with Crippen LogP contribution in [0.25, 0.3) is 0 Å². The lowest BCUT2D eigenvalue weighted by atomic mass is 9.84. The van der Waals surface area contributed by atoms with Crippen LogP contribution in [0.2, 0.25) is 0 Å². The third-order valence-corrected chi connectivity index (χ3v) is 2.90. The normalized spacial score (nSPS) is 34.4. The number of ether oxygens (including phenoxy) is 1. The maximum absolute atomic E-state index is 11.3. The lowest BCUT2D eigenvalue weighted by molar-refractivity contribution is -0.164. The van der Waals surface area contributed by atoms with Gasteiger partial charge in [-0.05, 0) is 12.3 Å². The largest absolute Gasteiger partial charge is 0.462 e. The summed E-state index contributed by atoms with van der Waals surface area (Å²) >= 11 is 0. The zero-order chi connectivity index (χ0) is 9.84. The fourth-order valence-corrected chi connectivity index (χ4v) is 1.89. The Morgan fingerprint density at radius 2 is 2.31 bits per heavy atom. The maximum Gasteiger partial charge on any atom is 0.309 e. The van der Waals surface area contributed by atoms with E-state index in [1.807, 2.05) is 6.92 Å². The second kappa shape index (κ2) is 4.61. The van der Waals surface area contributed by atoms with Gasteiger partial charge in [0.05, 0.1) is 5.92 Å². The molecule has 1 aliphatic rings. The highest BCUT2D eigenvalue weighted by Crippen LogP contribution is 2.30. The van der Waals surface area contributed by atoms with Crippen LogP contribution in [0.5, 0.6) is 0 Å². The molecule has 0 radical (unpaired) electrons. The van der Waals surface area contributed by atoms with Crippen LogP contribution in [0, 0.1) is 11.8 Å². The van der Waals surface area contributed by atoms with Crippen LogP contribution in [0.3, 0.4) is 0 Å². The first kappa shape index (κ1) is 10.5. The topological polar surface area (TPSA) is 46.5 Å². The first-order valence-corrected chi connectivity index (χ1v) is 5.00. The van der Waals surface area contributed by atoms with E-state index in [0.717, 1.165) is 12.8 Å². The molecule has 3 heteroatoms. The predicted octanol–water partition coefficient (Wildman–Crippen LogP) is 1.35. The molecule has 1 fully saturated rings. The lowest BCUT2D eigenvalue weighted by Crippen LogP contribution is -2.36. The molecule has 1 N–H and O–H groups in total. The molecule has 0 spiro atoms. The summed E-state index contributed by atoms with van der Waals surface area (Å²) in [5.74, 6) is 0.356. The molecule has 0 aromatic heterocycles. The van der Waals surface area contributed by atoms with Crippen LogP contribution in [0.1, 0.15) is 33.1 Å². The molecule has 0 aromatic rings. The smallest absolute Gasteiger partial charge is 0.309 e. The average Bonchev–Trinajstić information content (AvgIpc) is 2.11. The number of esters is 1. The van der Waals surface area contributed by atoms with E-state index >= 15 is 0 Å². The number of carbonyl (C=O) groups is 1. The molecule has 3 atom stereocenters.